The molecule has 0 fully saturated rings. The maximum atomic E-state index is 13.1. The van der Waals surface area contributed by atoms with Gasteiger partial charge in [-0.2, -0.15) is 0 Å². The Hall–Kier alpha value is -1.13. The van der Waals surface area contributed by atoms with Crippen LogP contribution >= 0.6 is 0 Å². The van der Waals surface area contributed by atoms with E-state index < -0.39 is 12.2 Å². The van der Waals surface area contributed by atoms with E-state index in [0.717, 1.165) is 0 Å². The van der Waals surface area contributed by atoms with Crippen molar-refractivity contribution in [3.05, 3.63) is 29.6 Å². The zero-order valence-corrected chi connectivity index (χ0v) is 8.83. The molecule has 3 nitrogen and oxygen atoms in total. The molecule has 1 aromatic carbocycles. The molecule has 0 saturated heterocycles. The van der Waals surface area contributed by atoms with E-state index in [1.807, 2.05) is 0 Å². The topological polar surface area (TPSA) is 49.7 Å². The number of aliphatic hydroxyl groups is 2. The van der Waals surface area contributed by atoms with E-state index in [-0.39, 0.29) is 12.4 Å². The zero-order chi connectivity index (χ0) is 11.5. The van der Waals surface area contributed by atoms with Crippen molar-refractivity contribution in [1.82, 2.24) is 0 Å². The van der Waals surface area contributed by atoms with Gasteiger partial charge in [-0.3, -0.25) is 0 Å². The summed E-state index contributed by atoms with van der Waals surface area (Å²) in [6, 6.07) is 4.47. The third-order valence-corrected chi connectivity index (χ3v) is 2.03. The van der Waals surface area contributed by atoms with Gasteiger partial charge in [-0.25, -0.2) is 4.39 Å². The normalized spacial score (nSPS) is 14.7. The molecule has 0 aliphatic heterocycles. The van der Waals surface area contributed by atoms with Crippen LogP contribution in [0.1, 0.15) is 12.5 Å². The van der Waals surface area contributed by atoms with Gasteiger partial charge in [0.25, 0.3) is 0 Å². The summed E-state index contributed by atoms with van der Waals surface area (Å²) >= 11 is 0. The third kappa shape index (κ3) is 3.49. The maximum Gasteiger partial charge on any atom is 0.129 e. The van der Waals surface area contributed by atoms with Crippen LogP contribution in [0.5, 0.6) is 5.75 Å². The number of halogens is 1. The fourth-order valence-electron chi connectivity index (χ4n) is 0.948. The highest BCUT2D eigenvalue weighted by molar-refractivity contribution is 5.28. The lowest BCUT2D eigenvalue weighted by Gasteiger charge is -2.20. The number of benzene rings is 1. The van der Waals surface area contributed by atoms with E-state index in [2.05, 4.69) is 0 Å². The number of aryl methyl sites for hydroxylation is 1. The van der Waals surface area contributed by atoms with Gasteiger partial charge in [0.2, 0.25) is 0 Å². The minimum atomic E-state index is -1.30. The highest BCUT2D eigenvalue weighted by Gasteiger charge is 2.19. The first kappa shape index (κ1) is 11.9. The standard InChI is InChI=1S/C11H15FO3/c1-8-3-4-9(5-10(8)12)15-7-11(2,14)6-13/h3-5,13-14H,6-7H2,1-2H3. The Morgan fingerprint density at radius 1 is 1.47 bits per heavy atom. The van der Waals surface area contributed by atoms with Crippen LogP contribution in [0.15, 0.2) is 18.2 Å². The Balaban J connectivity index is 2.62. The van der Waals surface area contributed by atoms with Gasteiger partial charge in [-0.05, 0) is 25.5 Å². The van der Waals surface area contributed by atoms with Gasteiger partial charge in [0, 0.05) is 6.07 Å². The molecular weight excluding hydrogens is 199 g/mol. The minimum absolute atomic E-state index is 0.0774. The molecule has 0 aliphatic rings. The Morgan fingerprint density at radius 3 is 2.67 bits per heavy atom. The molecule has 0 amide bonds. The first-order valence-electron chi connectivity index (χ1n) is 4.67. The number of hydrogen-bond acceptors (Lipinski definition) is 3. The average Bonchev–Trinajstić information content (AvgIpc) is 2.20. The smallest absolute Gasteiger partial charge is 0.129 e. The summed E-state index contributed by atoms with van der Waals surface area (Å²) in [6.07, 6.45) is 0. The first-order chi connectivity index (χ1) is 6.94. The molecule has 0 saturated carbocycles. The minimum Gasteiger partial charge on any atom is -0.490 e. The van der Waals surface area contributed by atoms with Gasteiger partial charge < -0.3 is 14.9 Å². The lowest BCUT2D eigenvalue weighted by molar-refractivity contribution is -0.0325. The van der Waals surface area contributed by atoms with Crippen molar-refractivity contribution in [2.24, 2.45) is 0 Å². The molecule has 0 heterocycles. The van der Waals surface area contributed by atoms with Crippen molar-refractivity contribution in [2.45, 2.75) is 19.4 Å². The average molecular weight is 214 g/mol. The molecular formula is C11H15FO3. The lowest BCUT2D eigenvalue weighted by atomic mass is 10.1. The van der Waals surface area contributed by atoms with Crippen LogP contribution in [0.2, 0.25) is 0 Å². The van der Waals surface area contributed by atoms with E-state index in [4.69, 9.17) is 9.84 Å². The molecule has 84 valence electrons. The van der Waals surface area contributed by atoms with E-state index in [9.17, 15) is 9.50 Å². The molecule has 15 heavy (non-hydrogen) atoms. The van der Waals surface area contributed by atoms with Crippen molar-refractivity contribution in [1.29, 1.82) is 0 Å². The second-order valence-electron chi connectivity index (χ2n) is 3.85. The molecule has 4 heteroatoms. The molecule has 2 N–H and O–H groups in total. The van der Waals surface area contributed by atoms with Crippen LogP contribution in [0.4, 0.5) is 4.39 Å². The molecule has 0 radical (unpaired) electrons. The van der Waals surface area contributed by atoms with Gasteiger partial charge in [-0.15, -0.1) is 0 Å². The molecule has 0 bridgehead atoms. The van der Waals surface area contributed by atoms with Crippen LogP contribution in [0.3, 0.4) is 0 Å². The number of rotatable bonds is 4. The van der Waals surface area contributed by atoms with Gasteiger partial charge in [-0.1, -0.05) is 6.07 Å². The number of ether oxygens (including phenoxy) is 1. The summed E-state index contributed by atoms with van der Waals surface area (Å²) in [5.41, 5.74) is -0.766. The monoisotopic (exact) mass is 214 g/mol. The molecule has 1 rings (SSSR count). The van der Waals surface area contributed by atoms with Gasteiger partial charge >= 0.3 is 0 Å². The van der Waals surface area contributed by atoms with E-state index >= 15 is 0 Å². The molecule has 0 aromatic heterocycles. The summed E-state index contributed by atoms with van der Waals surface area (Å²) in [6.45, 7) is 2.62. The largest absolute Gasteiger partial charge is 0.490 e. The summed E-state index contributed by atoms with van der Waals surface area (Å²) in [5, 5.41) is 18.2. The quantitative estimate of drug-likeness (QED) is 0.793. The van der Waals surface area contributed by atoms with E-state index in [1.54, 1.807) is 19.1 Å². The van der Waals surface area contributed by atoms with Crippen LogP contribution in [-0.2, 0) is 0 Å². The van der Waals surface area contributed by atoms with E-state index in [1.165, 1.54) is 13.0 Å². The zero-order valence-electron chi connectivity index (χ0n) is 8.83. The second-order valence-corrected chi connectivity index (χ2v) is 3.85. The van der Waals surface area contributed by atoms with Crippen molar-refractivity contribution in [3.63, 3.8) is 0 Å². The van der Waals surface area contributed by atoms with Gasteiger partial charge in [0.1, 0.15) is 23.8 Å². The Labute approximate surface area is 88.1 Å². The van der Waals surface area contributed by atoms with Crippen molar-refractivity contribution in [2.75, 3.05) is 13.2 Å². The van der Waals surface area contributed by atoms with Crippen LogP contribution in [0, 0.1) is 12.7 Å². The summed E-state index contributed by atoms with van der Waals surface area (Å²) in [5.74, 6) is -0.0111. The van der Waals surface area contributed by atoms with Crippen LogP contribution in [-0.4, -0.2) is 29.0 Å². The van der Waals surface area contributed by atoms with E-state index in [0.29, 0.717) is 11.3 Å². The summed E-state index contributed by atoms with van der Waals surface area (Å²) in [4.78, 5) is 0. The predicted octanol–water partition coefficient (Wildman–Crippen LogP) is 1.26. The maximum absolute atomic E-state index is 13.1. The fraction of sp³-hybridized carbons (Fsp3) is 0.455. The van der Waals surface area contributed by atoms with Gasteiger partial charge in [0.05, 0.1) is 6.61 Å². The Morgan fingerprint density at radius 2 is 2.13 bits per heavy atom. The molecule has 1 unspecified atom stereocenters. The molecule has 0 spiro atoms. The fourth-order valence-corrected chi connectivity index (χ4v) is 0.948. The first-order valence-corrected chi connectivity index (χ1v) is 4.67. The van der Waals surface area contributed by atoms with Crippen molar-refractivity contribution < 1.29 is 19.3 Å². The third-order valence-electron chi connectivity index (χ3n) is 2.03. The summed E-state index contributed by atoms with van der Waals surface area (Å²) < 4.78 is 18.2. The van der Waals surface area contributed by atoms with Crippen molar-refractivity contribution >= 4 is 0 Å². The van der Waals surface area contributed by atoms with Crippen LogP contribution in [0.25, 0.3) is 0 Å². The number of hydrogen-bond donors (Lipinski definition) is 2. The molecule has 1 aromatic rings. The molecule has 1 atom stereocenters. The lowest BCUT2D eigenvalue weighted by Crippen LogP contribution is -2.36. The Bertz CT molecular complexity index is 337. The highest BCUT2D eigenvalue weighted by Crippen LogP contribution is 2.17. The summed E-state index contributed by atoms with van der Waals surface area (Å²) in [7, 11) is 0. The molecule has 0 aliphatic carbocycles. The Kier molecular flexibility index (Phi) is 3.66. The predicted molar refractivity (Wildman–Crippen MR) is 54.3 cm³/mol. The number of aliphatic hydroxyl groups excluding tert-OH is 1. The SMILES string of the molecule is Cc1ccc(OCC(C)(O)CO)cc1F. The highest BCUT2D eigenvalue weighted by atomic mass is 19.1. The van der Waals surface area contributed by atoms with Crippen molar-refractivity contribution in [3.8, 4) is 5.75 Å². The van der Waals surface area contributed by atoms with Gasteiger partial charge in [0.15, 0.2) is 0 Å². The second kappa shape index (κ2) is 4.59. The van der Waals surface area contributed by atoms with Crippen LogP contribution < -0.4 is 4.74 Å².